The molecule has 0 radical (unpaired) electrons. The fourth-order valence-electron chi connectivity index (χ4n) is 5.12. The highest BCUT2D eigenvalue weighted by Crippen LogP contribution is 2.39. The van der Waals surface area contributed by atoms with Gasteiger partial charge in [-0.15, -0.1) is 0 Å². The number of amidine groups is 1. The van der Waals surface area contributed by atoms with Crippen LogP contribution >= 0.6 is 11.8 Å². The Labute approximate surface area is 260 Å². The van der Waals surface area contributed by atoms with Gasteiger partial charge in [0, 0.05) is 37.8 Å². The second-order valence-corrected chi connectivity index (χ2v) is 11.5. The molecule has 2 heterocycles. The van der Waals surface area contributed by atoms with Crippen molar-refractivity contribution >= 4 is 28.9 Å². The number of carbonyl (C=O) groups is 1. The van der Waals surface area contributed by atoms with E-state index in [0.717, 1.165) is 32.2 Å². The lowest BCUT2D eigenvalue weighted by molar-refractivity contribution is -0.143. The van der Waals surface area contributed by atoms with Crippen LogP contribution in [0, 0.1) is 0 Å². The molecular weight excluding hydrogens is 620 g/mol. The lowest BCUT2D eigenvalue weighted by Crippen LogP contribution is -2.48. The Morgan fingerprint density at radius 1 is 0.911 bits per heavy atom. The van der Waals surface area contributed by atoms with Gasteiger partial charge in [0.2, 0.25) is 0 Å². The van der Waals surface area contributed by atoms with E-state index in [-0.39, 0.29) is 29.5 Å². The molecule has 1 unspecified atom stereocenters. The van der Waals surface area contributed by atoms with E-state index in [4.69, 9.17) is 9.47 Å². The van der Waals surface area contributed by atoms with E-state index < -0.39 is 35.6 Å². The van der Waals surface area contributed by atoms with Crippen LogP contribution in [-0.4, -0.2) is 54.2 Å². The summed E-state index contributed by atoms with van der Waals surface area (Å²) in [5.41, 5.74) is -1.48. The van der Waals surface area contributed by atoms with Crippen LogP contribution in [-0.2, 0) is 23.8 Å². The first-order valence-electron chi connectivity index (χ1n) is 14.0. The number of aliphatic imine (C=N–C) groups is 1. The summed E-state index contributed by atoms with van der Waals surface area (Å²) in [7, 11) is 1.34. The summed E-state index contributed by atoms with van der Waals surface area (Å²) < 4.78 is 90.5. The van der Waals surface area contributed by atoms with Gasteiger partial charge >= 0.3 is 12.4 Å². The van der Waals surface area contributed by atoms with E-state index in [9.17, 15) is 31.1 Å². The second-order valence-electron chi connectivity index (χ2n) is 10.5. The molecule has 0 aliphatic carbocycles. The van der Waals surface area contributed by atoms with E-state index in [0.29, 0.717) is 21.7 Å². The number of thioether (sulfide) groups is 1. The summed E-state index contributed by atoms with van der Waals surface area (Å²) in [6.45, 7) is 4.61. The maximum absolute atomic E-state index is 13.5. The van der Waals surface area contributed by atoms with Gasteiger partial charge in [-0.2, -0.15) is 31.3 Å². The third-order valence-corrected chi connectivity index (χ3v) is 8.68. The number of methoxy groups -OCH3 is 1. The van der Waals surface area contributed by atoms with E-state index in [1.807, 2.05) is 18.2 Å². The number of ether oxygens (including phenoxy) is 2. The molecule has 0 spiro atoms. The average molecular weight is 650 g/mol. The Hall–Kier alpha value is -3.97. The van der Waals surface area contributed by atoms with Gasteiger partial charge in [-0.05, 0) is 60.2 Å². The SMILES string of the molecule is COc1cc(/C=C2/SC(N3CCN(C(C)c4ccccc4)CC3)=NC2=O)ccc1OCc1ccc(C(F)(F)F)cc1C(F)(F)F. The van der Waals surface area contributed by atoms with Gasteiger partial charge in [0.1, 0.15) is 6.61 Å². The summed E-state index contributed by atoms with van der Waals surface area (Å²) in [4.78, 5) is 21.9. The molecule has 1 amide bonds. The van der Waals surface area contributed by atoms with Crippen molar-refractivity contribution in [3.8, 4) is 11.5 Å². The third kappa shape index (κ3) is 7.64. The van der Waals surface area contributed by atoms with Crippen LogP contribution in [0.15, 0.2) is 76.6 Å². The Kier molecular flexibility index (Phi) is 9.49. The number of halogens is 6. The highest BCUT2D eigenvalue weighted by atomic mass is 32.2. The fraction of sp³-hybridized carbons (Fsp3) is 0.312. The van der Waals surface area contributed by atoms with Crippen molar-refractivity contribution < 1.29 is 40.6 Å². The third-order valence-electron chi connectivity index (χ3n) is 7.63. The molecule has 3 aromatic rings. The molecular formula is C32H29F6N3O3S. The monoisotopic (exact) mass is 649 g/mol. The molecule has 1 fully saturated rings. The molecule has 13 heteroatoms. The number of rotatable bonds is 7. The minimum atomic E-state index is -5.01. The van der Waals surface area contributed by atoms with E-state index in [1.165, 1.54) is 30.5 Å². The Bertz CT molecular complexity index is 1600. The van der Waals surface area contributed by atoms with Crippen molar-refractivity contribution in [1.82, 2.24) is 9.80 Å². The molecule has 0 N–H and O–H groups in total. The first-order chi connectivity index (χ1) is 21.3. The lowest BCUT2D eigenvalue weighted by Gasteiger charge is -2.38. The molecule has 0 saturated carbocycles. The number of nitrogens with zero attached hydrogens (tertiary/aromatic N) is 3. The molecule has 2 aliphatic heterocycles. The molecule has 6 nitrogen and oxygen atoms in total. The molecule has 5 rings (SSSR count). The zero-order valence-corrected chi connectivity index (χ0v) is 25.1. The number of piperazine rings is 1. The van der Waals surface area contributed by atoms with Gasteiger partial charge < -0.3 is 14.4 Å². The minimum absolute atomic E-state index is 0.0724. The average Bonchev–Trinajstić information content (AvgIpc) is 3.39. The summed E-state index contributed by atoms with van der Waals surface area (Å²) in [6, 6.07) is 16.5. The van der Waals surface area contributed by atoms with Gasteiger partial charge in [-0.3, -0.25) is 9.69 Å². The Balaban J connectivity index is 1.23. The largest absolute Gasteiger partial charge is 0.493 e. The van der Waals surface area contributed by atoms with Gasteiger partial charge in [-0.25, -0.2) is 0 Å². The fourth-order valence-corrected chi connectivity index (χ4v) is 6.08. The van der Waals surface area contributed by atoms with Crippen molar-refractivity contribution in [2.45, 2.75) is 31.9 Å². The second kappa shape index (κ2) is 13.2. The Morgan fingerprint density at radius 3 is 2.27 bits per heavy atom. The van der Waals surface area contributed by atoms with Crippen LogP contribution in [0.4, 0.5) is 26.3 Å². The van der Waals surface area contributed by atoms with Gasteiger partial charge in [0.05, 0.1) is 23.1 Å². The zero-order chi connectivity index (χ0) is 32.4. The molecule has 0 bridgehead atoms. The van der Waals surface area contributed by atoms with Gasteiger partial charge in [0.15, 0.2) is 16.7 Å². The first-order valence-corrected chi connectivity index (χ1v) is 14.8. The maximum atomic E-state index is 13.5. The quantitative estimate of drug-likeness (QED) is 0.194. The smallest absolute Gasteiger partial charge is 0.416 e. The van der Waals surface area contributed by atoms with Gasteiger partial charge in [0.25, 0.3) is 5.91 Å². The highest BCUT2D eigenvalue weighted by Gasteiger charge is 2.38. The Morgan fingerprint density at radius 2 is 1.62 bits per heavy atom. The van der Waals surface area contributed by atoms with E-state index >= 15 is 0 Å². The number of benzene rings is 3. The number of hydrogen-bond donors (Lipinski definition) is 0. The van der Waals surface area contributed by atoms with Crippen LogP contribution in [0.5, 0.6) is 11.5 Å². The number of carbonyl (C=O) groups excluding carboxylic acids is 1. The zero-order valence-electron chi connectivity index (χ0n) is 24.3. The van der Waals surface area contributed by atoms with Crippen molar-refractivity contribution in [1.29, 1.82) is 0 Å². The van der Waals surface area contributed by atoms with E-state index in [2.05, 4.69) is 33.8 Å². The number of amides is 1. The summed E-state index contributed by atoms with van der Waals surface area (Å²) >= 11 is 1.27. The molecule has 45 heavy (non-hydrogen) atoms. The molecule has 3 aromatic carbocycles. The van der Waals surface area contributed by atoms with Gasteiger partial charge in [-0.1, -0.05) is 42.5 Å². The summed E-state index contributed by atoms with van der Waals surface area (Å²) in [5.74, 6) is -0.126. The van der Waals surface area contributed by atoms with Crippen LogP contribution in [0.3, 0.4) is 0 Å². The standard InChI is InChI=1S/C32H29F6N3O3S/c1-20(22-6-4-3-5-7-22)40-12-14-41(15-13-40)30-39-29(42)28(45-30)17-21-8-11-26(27(16-21)43-2)44-19-23-9-10-24(31(33,34)35)18-25(23)32(36,37)38/h3-11,16-18,20H,12-15,19H2,1-2H3/b28-17+. The predicted octanol–water partition coefficient (Wildman–Crippen LogP) is 7.66. The van der Waals surface area contributed by atoms with Crippen molar-refractivity contribution in [3.63, 3.8) is 0 Å². The first kappa shape index (κ1) is 32.4. The van der Waals surface area contributed by atoms with Crippen LogP contribution in [0.2, 0.25) is 0 Å². The summed E-state index contributed by atoms with van der Waals surface area (Å²) in [5, 5.41) is 0.627. The molecule has 0 aromatic heterocycles. The summed E-state index contributed by atoms with van der Waals surface area (Å²) in [6.07, 6.45) is -8.30. The highest BCUT2D eigenvalue weighted by molar-refractivity contribution is 8.18. The minimum Gasteiger partial charge on any atom is -0.493 e. The van der Waals surface area contributed by atoms with E-state index in [1.54, 1.807) is 18.2 Å². The lowest BCUT2D eigenvalue weighted by atomic mass is 10.0. The molecule has 1 atom stereocenters. The van der Waals surface area contributed by atoms with Crippen LogP contribution in [0.25, 0.3) is 6.08 Å². The maximum Gasteiger partial charge on any atom is 0.416 e. The molecule has 238 valence electrons. The molecule has 2 aliphatic rings. The number of alkyl halides is 6. The predicted molar refractivity (Wildman–Crippen MR) is 160 cm³/mol. The molecule has 1 saturated heterocycles. The van der Waals surface area contributed by atoms with Crippen molar-refractivity contribution in [2.75, 3.05) is 33.3 Å². The topological polar surface area (TPSA) is 54.4 Å². The number of hydrogen-bond acceptors (Lipinski definition) is 6. The normalized spacial score (nSPS) is 17.9. The van der Waals surface area contributed by atoms with Crippen molar-refractivity contribution in [3.05, 3.63) is 99.5 Å². The van der Waals surface area contributed by atoms with Crippen molar-refractivity contribution in [2.24, 2.45) is 4.99 Å². The van der Waals surface area contributed by atoms with Crippen LogP contribution < -0.4 is 9.47 Å². The van der Waals surface area contributed by atoms with Crippen LogP contribution in [0.1, 0.15) is 40.8 Å².